The Morgan fingerprint density at radius 2 is 1.80 bits per heavy atom. The number of carboxylic acids is 1. The van der Waals surface area contributed by atoms with Crippen molar-refractivity contribution in [3.05, 3.63) is 23.8 Å². The van der Waals surface area contributed by atoms with E-state index in [1.165, 1.54) is 0 Å². The topological polar surface area (TPSA) is 59.0 Å². The molecule has 0 spiro atoms. The third kappa shape index (κ3) is 3.87. The molecule has 112 valence electrons. The van der Waals surface area contributed by atoms with Crippen LogP contribution in [0.4, 0.5) is 0 Å². The first kappa shape index (κ1) is 16.3. The molecule has 0 heterocycles. The Balaban J connectivity index is 3.15. The molecule has 1 unspecified atom stereocenters. The van der Waals surface area contributed by atoms with Crippen molar-refractivity contribution in [3.63, 3.8) is 0 Å². The first-order valence-electron chi connectivity index (χ1n) is 6.75. The highest BCUT2D eigenvalue weighted by atomic mass is 16.5. The van der Waals surface area contributed by atoms with E-state index in [4.69, 9.17) is 14.6 Å². The van der Waals surface area contributed by atoms with Gasteiger partial charge in [0.05, 0.1) is 20.6 Å². The Kier molecular flexibility index (Phi) is 6.31. The van der Waals surface area contributed by atoms with Gasteiger partial charge in [-0.05, 0) is 30.8 Å². The fraction of sp³-hybridized carbons (Fsp3) is 0.533. The quantitative estimate of drug-likeness (QED) is 0.793. The number of benzene rings is 1. The minimum atomic E-state index is -0.809. The molecule has 0 aliphatic carbocycles. The van der Waals surface area contributed by atoms with Crippen LogP contribution in [-0.2, 0) is 4.79 Å². The minimum Gasteiger partial charge on any atom is -0.493 e. The molecular formula is C15H23NO4. The molecule has 1 aromatic rings. The van der Waals surface area contributed by atoms with Gasteiger partial charge in [-0.3, -0.25) is 9.69 Å². The molecule has 0 aliphatic heterocycles. The smallest absolute Gasteiger partial charge is 0.305 e. The second-order valence-electron chi connectivity index (χ2n) is 4.45. The molecule has 20 heavy (non-hydrogen) atoms. The van der Waals surface area contributed by atoms with Gasteiger partial charge in [0.2, 0.25) is 0 Å². The molecule has 0 saturated carbocycles. The standard InChI is InChI=1S/C15H23NO4/c1-5-16(6-2)12(10-15(17)18)11-7-8-13(19-3)14(9-11)20-4/h7-9,12H,5-6,10H2,1-4H3,(H,17,18). The molecule has 0 saturated heterocycles. The predicted molar refractivity (Wildman–Crippen MR) is 77.5 cm³/mol. The van der Waals surface area contributed by atoms with Crippen LogP contribution in [0.25, 0.3) is 0 Å². The molecule has 0 radical (unpaired) electrons. The number of aliphatic carboxylic acids is 1. The van der Waals surface area contributed by atoms with Crippen LogP contribution in [-0.4, -0.2) is 43.3 Å². The van der Waals surface area contributed by atoms with E-state index in [0.717, 1.165) is 18.7 Å². The molecule has 1 atom stereocenters. The van der Waals surface area contributed by atoms with Gasteiger partial charge in [-0.2, -0.15) is 0 Å². The maximum absolute atomic E-state index is 11.1. The summed E-state index contributed by atoms with van der Waals surface area (Å²) in [6.45, 7) is 5.64. The lowest BCUT2D eigenvalue weighted by Crippen LogP contribution is -2.30. The van der Waals surface area contributed by atoms with Gasteiger partial charge in [0.25, 0.3) is 0 Å². The maximum Gasteiger partial charge on any atom is 0.305 e. The van der Waals surface area contributed by atoms with E-state index in [1.54, 1.807) is 14.2 Å². The second kappa shape index (κ2) is 7.75. The number of hydrogen-bond donors (Lipinski definition) is 1. The van der Waals surface area contributed by atoms with Crippen molar-refractivity contribution >= 4 is 5.97 Å². The van der Waals surface area contributed by atoms with Crippen molar-refractivity contribution in [1.82, 2.24) is 4.90 Å². The van der Waals surface area contributed by atoms with E-state index in [1.807, 2.05) is 32.0 Å². The molecule has 1 aromatic carbocycles. The Hall–Kier alpha value is -1.75. The summed E-state index contributed by atoms with van der Waals surface area (Å²) in [7, 11) is 3.15. The van der Waals surface area contributed by atoms with Gasteiger partial charge < -0.3 is 14.6 Å². The lowest BCUT2D eigenvalue weighted by atomic mass is 10.0. The molecule has 1 rings (SSSR count). The summed E-state index contributed by atoms with van der Waals surface area (Å²) < 4.78 is 10.5. The number of rotatable bonds is 8. The molecule has 0 aromatic heterocycles. The summed E-state index contributed by atoms with van der Waals surface area (Å²) in [5.41, 5.74) is 0.925. The third-order valence-electron chi connectivity index (χ3n) is 3.41. The van der Waals surface area contributed by atoms with Gasteiger partial charge in [-0.25, -0.2) is 0 Å². The normalized spacial score (nSPS) is 12.2. The van der Waals surface area contributed by atoms with Gasteiger partial charge >= 0.3 is 5.97 Å². The van der Waals surface area contributed by atoms with E-state index >= 15 is 0 Å². The van der Waals surface area contributed by atoms with E-state index < -0.39 is 5.97 Å². The Bertz CT molecular complexity index is 443. The Morgan fingerprint density at radius 1 is 1.20 bits per heavy atom. The Morgan fingerprint density at radius 3 is 2.25 bits per heavy atom. The van der Waals surface area contributed by atoms with E-state index in [-0.39, 0.29) is 12.5 Å². The highest BCUT2D eigenvalue weighted by Gasteiger charge is 2.22. The largest absolute Gasteiger partial charge is 0.493 e. The number of carboxylic acid groups (broad SMARTS) is 1. The van der Waals surface area contributed by atoms with Gasteiger partial charge in [-0.15, -0.1) is 0 Å². The highest BCUT2D eigenvalue weighted by molar-refractivity contribution is 5.68. The number of methoxy groups -OCH3 is 2. The summed E-state index contributed by atoms with van der Waals surface area (Å²) in [6, 6.07) is 5.40. The zero-order valence-electron chi connectivity index (χ0n) is 12.5. The third-order valence-corrected chi connectivity index (χ3v) is 3.41. The van der Waals surface area contributed by atoms with Gasteiger partial charge in [-0.1, -0.05) is 19.9 Å². The zero-order chi connectivity index (χ0) is 15.1. The SMILES string of the molecule is CCN(CC)C(CC(=O)O)c1ccc(OC)c(OC)c1. The lowest BCUT2D eigenvalue weighted by molar-refractivity contribution is -0.138. The van der Waals surface area contributed by atoms with E-state index in [0.29, 0.717) is 11.5 Å². The molecule has 5 nitrogen and oxygen atoms in total. The van der Waals surface area contributed by atoms with Crippen molar-refractivity contribution < 1.29 is 19.4 Å². The van der Waals surface area contributed by atoms with Crippen molar-refractivity contribution in [2.45, 2.75) is 26.3 Å². The molecule has 0 fully saturated rings. The predicted octanol–water partition coefficient (Wildman–Crippen LogP) is 2.56. The van der Waals surface area contributed by atoms with Crippen LogP contribution in [0.2, 0.25) is 0 Å². The average Bonchev–Trinajstić information content (AvgIpc) is 2.46. The first-order chi connectivity index (χ1) is 9.57. The fourth-order valence-corrected chi connectivity index (χ4v) is 2.35. The van der Waals surface area contributed by atoms with Crippen LogP contribution in [0.15, 0.2) is 18.2 Å². The minimum absolute atomic E-state index is 0.0666. The summed E-state index contributed by atoms with van der Waals surface area (Å²) in [6.07, 6.45) is 0.0666. The van der Waals surface area contributed by atoms with Gasteiger partial charge in [0.15, 0.2) is 11.5 Å². The fourth-order valence-electron chi connectivity index (χ4n) is 2.35. The summed E-state index contributed by atoms with van der Waals surface area (Å²) in [5.74, 6) is 0.453. The second-order valence-corrected chi connectivity index (χ2v) is 4.45. The van der Waals surface area contributed by atoms with Gasteiger partial charge in [0, 0.05) is 6.04 Å². The lowest BCUT2D eigenvalue weighted by Gasteiger charge is -2.29. The monoisotopic (exact) mass is 281 g/mol. The van der Waals surface area contributed by atoms with E-state index in [9.17, 15) is 4.79 Å². The van der Waals surface area contributed by atoms with Crippen LogP contribution in [0.3, 0.4) is 0 Å². The molecule has 0 amide bonds. The van der Waals surface area contributed by atoms with Crippen molar-refractivity contribution in [2.24, 2.45) is 0 Å². The first-order valence-corrected chi connectivity index (χ1v) is 6.75. The van der Waals surface area contributed by atoms with E-state index in [2.05, 4.69) is 4.90 Å². The van der Waals surface area contributed by atoms with Crippen LogP contribution >= 0.6 is 0 Å². The van der Waals surface area contributed by atoms with Crippen LogP contribution in [0.5, 0.6) is 11.5 Å². The zero-order valence-corrected chi connectivity index (χ0v) is 12.5. The number of nitrogens with zero attached hydrogens (tertiary/aromatic N) is 1. The molecule has 0 aliphatic rings. The number of ether oxygens (including phenoxy) is 2. The van der Waals surface area contributed by atoms with Crippen LogP contribution in [0, 0.1) is 0 Å². The highest BCUT2D eigenvalue weighted by Crippen LogP contribution is 2.33. The molecule has 0 bridgehead atoms. The summed E-state index contributed by atoms with van der Waals surface area (Å²) in [5, 5.41) is 9.13. The molecule has 5 heteroatoms. The summed E-state index contributed by atoms with van der Waals surface area (Å²) in [4.78, 5) is 13.2. The van der Waals surface area contributed by atoms with Crippen molar-refractivity contribution in [2.75, 3.05) is 27.3 Å². The molecule has 1 N–H and O–H groups in total. The van der Waals surface area contributed by atoms with Gasteiger partial charge in [0.1, 0.15) is 0 Å². The Labute approximate surface area is 120 Å². The van der Waals surface area contributed by atoms with Crippen LogP contribution in [0.1, 0.15) is 31.9 Å². The number of hydrogen-bond acceptors (Lipinski definition) is 4. The maximum atomic E-state index is 11.1. The summed E-state index contributed by atoms with van der Waals surface area (Å²) >= 11 is 0. The molecular weight excluding hydrogens is 258 g/mol. The van der Waals surface area contributed by atoms with Crippen LogP contribution < -0.4 is 9.47 Å². The average molecular weight is 281 g/mol. The number of carbonyl (C=O) groups is 1. The van der Waals surface area contributed by atoms with Crippen molar-refractivity contribution in [1.29, 1.82) is 0 Å². The van der Waals surface area contributed by atoms with Crippen molar-refractivity contribution in [3.8, 4) is 11.5 Å².